The maximum atomic E-state index is 13.6. The lowest BCUT2D eigenvalue weighted by atomic mass is 10.1. The van der Waals surface area contributed by atoms with E-state index < -0.39 is 5.97 Å². The van der Waals surface area contributed by atoms with Crippen molar-refractivity contribution in [2.24, 2.45) is 0 Å². The molecule has 5 rings (SSSR count). The Hall–Kier alpha value is -4.19. The number of ether oxygens (including phenoxy) is 1. The highest BCUT2D eigenvalue weighted by Gasteiger charge is 2.25. The van der Waals surface area contributed by atoms with E-state index >= 15 is 0 Å². The van der Waals surface area contributed by atoms with Crippen LogP contribution in [0.15, 0.2) is 91.3 Å². The van der Waals surface area contributed by atoms with Crippen LogP contribution < -0.4 is 0 Å². The highest BCUT2D eigenvalue weighted by Crippen LogP contribution is 2.34. The highest BCUT2D eigenvalue weighted by atomic mass is 19.1. The SMILES string of the molecule is CCOC(=O)c1ncn(-c2ccc(F)cc2)c1-n1c(-c2ccccc2)cc2ccccc21. The Bertz CT molecular complexity index is 1400. The van der Waals surface area contributed by atoms with E-state index in [1.807, 2.05) is 59.2 Å². The van der Waals surface area contributed by atoms with Crippen LogP contribution in [0, 0.1) is 5.82 Å². The number of rotatable bonds is 5. The van der Waals surface area contributed by atoms with E-state index in [0.29, 0.717) is 11.5 Å². The molecular formula is C26H20FN3O2. The molecule has 0 radical (unpaired) electrons. The van der Waals surface area contributed by atoms with Crippen LogP contribution >= 0.6 is 0 Å². The summed E-state index contributed by atoms with van der Waals surface area (Å²) in [5.74, 6) is -0.312. The normalized spacial score (nSPS) is 11.1. The number of carbonyl (C=O) groups excluding carboxylic acids is 1. The number of hydrogen-bond acceptors (Lipinski definition) is 3. The Kier molecular flexibility index (Phi) is 5.03. The third kappa shape index (κ3) is 3.36. The van der Waals surface area contributed by atoms with Gasteiger partial charge in [-0.3, -0.25) is 9.13 Å². The van der Waals surface area contributed by atoms with Crippen LogP contribution in [0.2, 0.25) is 0 Å². The van der Waals surface area contributed by atoms with E-state index in [2.05, 4.69) is 11.1 Å². The minimum absolute atomic E-state index is 0.190. The summed E-state index contributed by atoms with van der Waals surface area (Å²) < 4.78 is 22.7. The van der Waals surface area contributed by atoms with Crippen molar-refractivity contribution in [3.63, 3.8) is 0 Å². The average molecular weight is 425 g/mol. The summed E-state index contributed by atoms with van der Waals surface area (Å²) >= 11 is 0. The van der Waals surface area contributed by atoms with Gasteiger partial charge in [0.15, 0.2) is 11.5 Å². The second-order valence-electron chi connectivity index (χ2n) is 7.27. The minimum Gasteiger partial charge on any atom is -0.461 e. The molecule has 0 atom stereocenters. The fraction of sp³-hybridized carbons (Fsp3) is 0.0769. The van der Waals surface area contributed by atoms with Gasteiger partial charge in [0.2, 0.25) is 0 Å². The first-order chi connectivity index (χ1) is 15.7. The van der Waals surface area contributed by atoms with Crippen LogP contribution in [0.1, 0.15) is 17.4 Å². The zero-order valence-electron chi connectivity index (χ0n) is 17.4. The Balaban J connectivity index is 1.85. The topological polar surface area (TPSA) is 49.0 Å². The Morgan fingerprint density at radius 1 is 0.969 bits per heavy atom. The van der Waals surface area contributed by atoms with Gasteiger partial charge in [-0.2, -0.15) is 0 Å². The molecular weight excluding hydrogens is 405 g/mol. The first-order valence-electron chi connectivity index (χ1n) is 10.3. The predicted molar refractivity (Wildman–Crippen MR) is 122 cm³/mol. The zero-order chi connectivity index (χ0) is 22.1. The van der Waals surface area contributed by atoms with Gasteiger partial charge in [0.1, 0.15) is 12.1 Å². The van der Waals surface area contributed by atoms with E-state index in [-0.39, 0.29) is 18.1 Å². The number of imidazole rings is 1. The second kappa shape index (κ2) is 8.15. The maximum absolute atomic E-state index is 13.6. The number of nitrogens with zero attached hydrogens (tertiary/aromatic N) is 3. The average Bonchev–Trinajstić information content (AvgIpc) is 3.42. The molecule has 0 N–H and O–H groups in total. The van der Waals surface area contributed by atoms with Crippen molar-refractivity contribution in [2.75, 3.05) is 6.61 Å². The van der Waals surface area contributed by atoms with Crippen LogP contribution in [0.5, 0.6) is 0 Å². The fourth-order valence-electron chi connectivity index (χ4n) is 3.89. The van der Waals surface area contributed by atoms with Crippen LogP contribution in [0.4, 0.5) is 4.39 Å². The molecule has 0 saturated heterocycles. The molecule has 0 aliphatic heterocycles. The smallest absolute Gasteiger partial charge is 0.360 e. The van der Waals surface area contributed by atoms with Gasteiger partial charge in [0.25, 0.3) is 0 Å². The number of benzene rings is 3. The Morgan fingerprint density at radius 3 is 2.44 bits per heavy atom. The molecule has 0 fully saturated rings. The van der Waals surface area contributed by atoms with E-state index in [4.69, 9.17) is 4.74 Å². The van der Waals surface area contributed by atoms with Crippen molar-refractivity contribution in [1.29, 1.82) is 0 Å². The van der Waals surface area contributed by atoms with E-state index in [1.54, 1.807) is 30.0 Å². The van der Waals surface area contributed by atoms with Gasteiger partial charge in [0.05, 0.1) is 17.8 Å². The lowest BCUT2D eigenvalue weighted by molar-refractivity contribution is 0.0520. The second-order valence-corrected chi connectivity index (χ2v) is 7.27. The number of para-hydroxylation sites is 1. The quantitative estimate of drug-likeness (QED) is 0.335. The van der Waals surface area contributed by atoms with Crippen LogP contribution in [0.3, 0.4) is 0 Å². The van der Waals surface area contributed by atoms with Crippen LogP contribution in [-0.2, 0) is 4.74 Å². The molecule has 32 heavy (non-hydrogen) atoms. The summed E-state index contributed by atoms with van der Waals surface area (Å²) in [6.07, 6.45) is 1.57. The monoisotopic (exact) mass is 425 g/mol. The molecule has 0 amide bonds. The summed E-state index contributed by atoms with van der Waals surface area (Å²) in [6, 6.07) is 26.1. The summed E-state index contributed by atoms with van der Waals surface area (Å²) in [5.41, 5.74) is 3.68. The number of fused-ring (bicyclic) bond motifs is 1. The molecule has 0 spiro atoms. The van der Waals surface area contributed by atoms with Gasteiger partial charge in [-0.25, -0.2) is 14.2 Å². The van der Waals surface area contributed by atoms with E-state index in [1.165, 1.54) is 12.1 Å². The lowest BCUT2D eigenvalue weighted by Crippen LogP contribution is -2.13. The van der Waals surface area contributed by atoms with E-state index in [0.717, 1.165) is 22.2 Å². The fourth-order valence-corrected chi connectivity index (χ4v) is 3.89. The summed E-state index contributed by atoms with van der Waals surface area (Å²) in [6.45, 7) is 1.99. The summed E-state index contributed by atoms with van der Waals surface area (Å²) in [4.78, 5) is 17.3. The molecule has 0 aliphatic carbocycles. The molecule has 2 aromatic heterocycles. The molecule has 0 bridgehead atoms. The van der Waals surface area contributed by atoms with Crippen molar-refractivity contribution >= 4 is 16.9 Å². The molecule has 0 aliphatic rings. The van der Waals surface area contributed by atoms with Crippen molar-refractivity contribution in [3.05, 3.63) is 103 Å². The number of carbonyl (C=O) groups is 1. The summed E-state index contributed by atoms with van der Waals surface area (Å²) in [5, 5.41) is 1.02. The summed E-state index contributed by atoms with van der Waals surface area (Å²) in [7, 11) is 0. The van der Waals surface area contributed by atoms with Gasteiger partial charge in [-0.05, 0) is 48.9 Å². The molecule has 3 aromatic carbocycles. The van der Waals surface area contributed by atoms with Gasteiger partial charge in [0, 0.05) is 11.1 Å². The van der Waals surface area contributed by atoms with Gasteiger partial charge < -0.3 is 4.74 Å². The Labute approximate surface area is 184 Å². The maximum Gasteiger partial charge on any atom is 0.360 e. The van der Waals surface area contributed by atoms with Crippen molar-refractivity contribution in [1.82, 2.24) is 14.1 Å². The molecule has 0 saturated carbocycles. The minimum atomic E-state index is -0.514. The number of aromatic nitrogens is 3. The highest BCUT2D eigenvalue weighted by molar-refractivity contribution is 5.95. The third-order valence-electron chi connectivity index (χ3n) is 5.31. The molecule has 158 valence electrons. The third-order valence-corrected chi connectivity index (χ3v) is 5.31. The van der Waals surface area contributed by atoms with Crippen molar-refractivity contribution in [2.45, 2.75) is 6.92 Å². The lowest BCUT2D eigenvalue weighted by Gasteiger charge is -2.16. The van der Waals surface area contributed by atoms with Gasteiger partial charge >= 0.3 is 5.97 Å². The van der Waals surface area contributed by atoms with Gasteiger partial charge in [-0.15, -0.1) is 0 Å². The molecule has 6 heteroatoms. The standard InChI is InChI=1S/C26H20FN3O2/c1-2-32-26(31)24-25(29(17-28-24)21-14-12-20(27)13-15-21)30-22-11-7-6-10-19(22)16-23(30)18-8-4-3-5-9-18/h3-17H,2H2,1H3. The van der Waals surface area contributed by atoms with Crippen molar-refractivity contribution in [3.8, 4) is 22.8 Å². The molecule has 0 unspecified atom stereocenters. The largest absolute Gasteiger partial charge is 0.461 e. The molecule has 2 heterocycles. The zero-order valence-corrected chi connectivity index (χ0v) is 17.4. The van der Waals surface area contributed by atoms with Crippen molar-refractivity contribution < 1.29 is 13.9 Å². The van der Waals surface area contributed by atoms with Crippen LogP contribution in [-0.4, -0.2) is 26.7 Å². The van der Waals surface area contributed by atoms with Gasteiger partial charge in [-0.1, -0.05) is 48.5 Å². The number of halogens is 1. The Morgan fingerprint density at radius 2 is 1.69 bits per heavy atom. The first kappa shape index (κ1) is 19.8. The number of esters is 1. The predicted octanol–water partition coefficient (Wildman–Crippen LogP) is 5.80. The van der Waals surface area contributed by atoms with E-state index in [9.17, 15) is 9.18 Å². The van der Waals surface area contributed by atoms with Crippen LogP contribution in [0.25, 0.3) is 33.7 Å². The number of hydrogen-bond donors (Lipinski definition) is 0. The first-order valence-corrected chi connectivity index (χ1v) is 10.3. The molecule has 5 nitrogen and oxygen atoms in total. The molecule has 5 aromatic rings.